The van der Waals surface area contributed by atoms with Crippen LogP contribution >= 0.6 is 0 Å². The van der Waals surface area contributed by atoms with Crippen molar-refractivity contribution in [2.24, 2.45) is 0 Å². The maximum Gasteiger partial charge on any atom is 0.217 e. The molecule has 0 aromatic heterocycles. The molecule has 0 bridgehead atoms. The molecule has 26 heavy (non-hydrogen) atoms. The smallest absolute Gasteiger partial charge is 0.217 e. The van der Waals surface area contributed by atoms with Crippen LogP contribution in [0, 0.1) is 0 Å². The van der Waals surface area contributed by atoms with Gasteiger partial charge in [-0.05, 0) is 0 Å². The van der Waals surface area contributed by atoms with Crippen LogP contribution in [-0.2, 0) is 14.3 Å². The van der Waals surface area contributed by atoms with Crippen molar-refractivity contribution >= 4 is 5.91 Å². The van der Waals surface area contributed by atoms with Crippen LogP contribution in [0.4, 0.5) is 0 Å². The SMILES string of the molecule is CC(=O)N[C@@H]1CO[C@H](CO)[C@H](O)[C@]1(O)[C@]1(O)[C@@H](O)O[C@H](CO)[C@@H](O)[C@@H]1O. The first kappa shape index (κ1) is 21.4. The van der Waals surface area contributed by atoms with Gasteiger partial charge in [-0.25, -0.2) is 0 Å². The lowest BCUT2D eigenvalue weighted by atomic mass is 9.65. The number of ether oxygens (including phenoxy) is 2. The summed E-state index contributed by atoms with van der Waals surface area (Å²) in [6.07, 6.45) is -11.6. The fourth-order valence-electron chi connectivity index (χ4n) is 3.54. The number of aliphatic hydroxyl groups is 8. The van der Waals surface area contributed by atoms with Crippen molar-refractivity contribution in [3.8, 4) is 0 Å². The molecule has 2 heterocycles. The van der Waals surface area contributed by atoms with E-state index in [9.17, 15) is 40.5 Å². The summed E-state index contributed by atoms with van der Waals surface area (Å²) < 4.78 is 10.0. The van der Waals surface area contributed by atoms with E-state index in [-0.39, 0.29) is 0 Å². The third-order valence-electron chi connectivity index (χ3n) is 5.03. The average molecular weight is 383 g/mol. The zero-order valence-corrected chi connectivity index (χ0v) is 14.0. The largest absolute Gasteiger partial charge is 0.394 e. The van der Waals surface area contributed by atoms with Crippen molar-refractivity contribution in [3.63, 3.8) is 0 Å². The fourth-order valence-corrected chi connectivity index (χ4v) is 3.54. The molecule has 9 N–H and O–H groups in total. The van der Waals surface area contributed by atoms with Gasteiger partial charge in [-0.2, -0.15) is 0 Å². The van der Waals surface area contributed by atoms with E-state index in [4.69, 9.17) is 14.6 Å². The summed E-state index contributed by atoms with van der Waals surface area (Å²) in [6.45, 7) is -1.03. The summed E-state index contributed by atoms with van der Waals surface area (Å²) in [4.78, 5) is 11.4. The zero-order chi connectivity index (χ0) is 19.9. The van der Waals surface area contributed by atoms with Crippen LogP contribution in [0.1, 0.15) is 6.92 Å². The standard InChI is InChI=1S/C14H25NO11/c1-5(18)15-8-4-25-7(3-17)10(20)13(8,23)14(24)11(21)9(19)6(2-16)26-12(14)22/h6-12,16-17,19-24H,2-4H2,1H3,(H,15,18)/t6-,7-,8-,9-,10+,11+,12+,13+,14-/m1/s1. The van der Waals surface area contributed by atoms with Crippen LogP contribution in [-0.4, -0.2) is 121 Å². The molecule has 152 valence electrons. The van der Waals surface area contributed by atoms with Gasteiger partial charge in [0.25, 0.3) is 0 Å². The molecule has 12 heteroatoms. The quantitative estimate of drug-likeness (QED) is 0.223. The van der Waals surface area contributed by atoms with Crippen molar-refractivity contribution in [2.75, 3.05) is 19.8 Å². The fraction of sp³-hybridized carbons (Fsp3) is 0.929. The van der Waals surface area contributed by atoms with Crippen LogP contribution in [0.15, 0.2) is 0 Å². The van der Waals surface area contributed by atoms with E-state index < -0.39 is 79.8 Å². The Kier molecular flexibility index (Phi) is 6.24. The molecule has 0 aromatic carbocycles. The number of nitrogens with one attached hydrogen (secondary N) is 1. The van der Waals surface area contributed by atoms with Gasteiger partial charge in [-0.1, -0.05) is 0 Å². The highest BCUT2D eigenvalue weighted by Crippen LogP contribution is 2.43. The maximum atomic E-state index is 11.4. The van der Waals surface area contributed by atoms with Crippen molar-refractivity contribution < 1.29 is 55.1 Å². The molecule has 0 unspecified atom stereocenters. The van der Waals surface area contributed by atoms with E-state index in [1.807, 2.05) is 0 Å². The highest BCUT2D eigenvalue weighted by molar-refractivity contribution is 5.73. The molecule has 0 radical (unpaired) electrons. The van der Waals surface area contributed by atoms with Crippen LogP contribution in [0.3, 0.4) is 0 Å². The van der Waals surface area contributed by atoms with E-state index in [1.54, 1.807) is 0 Å². The Labute approximate surface area is 148 Å². The Balaban J connectivity index is 2.53. The number of hydrogen-bond acceptors (Lipinski definition) is 11. The lowest BCUT2D eigenvalue weighted by molar-refractivity contribution is -0.396. The second kappa shape index (κ2) is 7.59. The van der Waals surface area contributed by atoms with Gasteiger partial charge in [0.15, 0.2) is 17.5 Å². The second-order valence-electron chi connectivity index (χ2n) is 6.55. The van der Waals surface area contributed by atoms with Crippen molar-refractivity contribution in [2.45, 2.75) is 61.0 Å². The predicted molar refractivity (Wildman–Crippen MR) is 80.3 cm³/mol. The molecule has 12 nitrogen and oxygen atoms in total. The van der Waals surface area contributed by atoms with E-state index in [0.29, 0.717) is 0 Å². The van der Waals surface area contributed by atoms with Crippen molar-refractivity contribution in [1.82, 2.24) is 5.32 Å². The Bertz CT molecular complexity index is 521. The van der Waals surface area contributed by atoms with Crippen molar-refractivity contribution in [1.29, 1.82) is 0 Å². The molecule has 1 amide bonds. The lowest BCUT2D eigenvalue weighted by Gasteiger charge is -2.59. The molecule has 0 aromatic rings. The number of hydrogen-bond donors (Lipinski definition) is 9. The first-order chi connectivity index (χ1) is 12.0. The third kappa shape index (κ3) is 3.01. The Hall–Kier alpha value is -0.930. The van der Waals surface area contributed by atoms with E-state index >= 15 is 0 Å². The van der Waals surface area contributed by atoms with Gasteiger partial charge in [0.1, 0.15) is 30.5 Å². The summed E-state index contributed by atoms with van der Waals surface area (Å²) in [7, 11) is 0. The average Bonchev–Trinajstić information content (AvgIpc) is 2.60. The van der Waals surface area contributed by atoms with Crippen LogP contribution in [0.5, 0.6) is 0 Å². The minimum absolute atomic E-state index is 0.500. The number of amides is 1. The summed E-state index contributed by atoms with van der Waals surface area (Å²) in [5, 5.41) is 83.9. The van der Waals surface area contributed by atoms with Gasteiger partial charge >= 0.3 is 0 Å². The van der Waals surface area contributed by atoms with Crippen LogP contribution in [0.25, 0.3) is 0 Å². The second-order valence-corrected chi connectivity index (χ2v) is 6.55. The number of rotatable bonds is 4. The molecule has 2 aliphatic rings. The summed E-state index contributed by atoms with van der Waals surface area (Å²) in [6, 6.07) is -1.55. The molecular formula is C14H25NO11. The minimum atomic E-state index is -3.11. The van der Waals surface area contributed by atoms with Crippen molar-refractivity contribution in [3.05, 3.63) is 0 Å². The van der Waals surface area contributed by atoms with Crippen LogP contribution < -0.4 is 5.32 Å². The number of aliphatic hydroxyl groups excluding tert-OH is 6. The monoisotopic (exact) mass is 383 g/mol. The predicted octanol–water partition coefficient (Wildman–Crippen LogP) is -5.86. The molecule has 2 rings (SSSR count). The molecule has 0 aliphatic carbocycles. The highest BCUT2D eigenvalue weighted by Gasteiger charge is 2.72. The van der Waals surface area contributed by atoms with Crippen LogP contribution in [0.2, 0.25) is 0 Å². The Morgan fingerprint density at radius 1 is 1.04 bits per heavy atom. The Morgan fingerprint density at radius 2 is 1.62 bits per heavy atom. The number of carbonyl (C=O) groups is 1. The molecule has 2 fully saturated rings. The van der Waals surface area contributed by atoms with Gasteiger partial charge in [0, 0.05) is 6.92 Å². The topological polar surface area (TPSA) is 209 Å². The molecule has 9 atom stereocenters. The first-order valence-corrected chi connectivity index (χ1v) is 7.98. The van der Waals surface area contributed by atoms with E-state index in [1.165, 1.54) is 0 Å². The van der Waals surface area contributed by atoms with E-state index in [0.717, 1.165) is 6.92 Å². The van der Waals surface area contributed by atoms with E-state index in [2.05, 4.69) is 5.32 Å². The molecule has 0 saturated carbocycles. The third-order valence-corrected chi connectivity index (χ3v) is 5.03. The zero-order valence-electron chi connectivity index (χ0n) is 14.0. The summed E-state index contributed by atoms with van der Waals surface area (Å²) in [5.41, 5.74) is -6.01. The minimum Gasteiger partial charge on any atom is -0.394 e. The van der Waals surface area contributed by atoms with Gasteiger partial charge in [0.05, 0.1) is 25.9 Å². The molecule has 2 saturated heterocycles. The maximum absolute atomic E-state index is 11.4. The summed E-state index contributed by atoms with van der Waals surface area (Å²) in [5.74, 6) is -0.690. The highest BCUT2D eigenvalue weighted by atomic mass is 16.6. The first-order valence-electron chi connectivity index (χ1n) is 7.98. The normalized spacial score (nSPS) is 49.7. The molecule has 2 aliphatic heterocycles. The lowest BCUT2D eigenvalue weighted by Crippen LogP contribution is -2.85. The van der Waals surface area contributed by atoms with Gasteiger partial charge in [0.2, 0.25) is 5.91 Å². The summed E-state index contributed by atoms with van der Waals surface area (Å²) >= 11 is 0. The molecule has 0 spiro atoms. The van der Waals surface area contributed by atoms with Gasteiger partial charge < -0.3 is 55.6 Å². The number of carbonyl (C=O) groups excluding carboxylic acids is 1. The molecular weight excluding hydrogens is 358 g/mol. The van der Waals surface area contributed by atoms with Gasteiger partial charge in [-0.3, -0.25) is 4.79 Å². The Morgan fingerprint density at radius 3 is 2.12 bits per heavy atom. The van der Waals surface area contributed by atoms with Gasteiger partial charge in [-0.15, -0.1) is 0 Å².